The van der Waals surface area contributed by atoms with E-state index in [1.54, 1.807) is 45.0 Å². The second kappa shape index (κ2) is 8.90. The lowest BCUT2D eigenvalue weighted by molar-refractivity contribution is -0.122. The number of carbonyl (C=O) groups is 1. The number of carbonyl (C=O) groups excluding carboxylic acids is 1. The molecule has 1 atom stereocenters. The molecule has 7 heteroatoms. The van der Waals surface area contributed by atoms with Crippen LogP contribution >= 0.6 is 0 Å². The Morgan fingerprint density at radius 3 is 2.44 bits per heavy atom. The van der Waals surface area contributed by atoms with Crippen molar-refractivity contribution >= 4 is 27.3 Å². The molecule has 1 unspecified atom stereocenters. The highest BCUT2D eigenvalue weighted by atomic mass is 32.2. The minimum Gasteiger partial charge on any atom is -0.481 e. The van der Waals surface area contributed by atoms with E-state index in [-0.39, 0.29) is 11.7 Å². The predicted molar refractivity (Wildman–Crippen MR) is 109 cm³/mol. The Bertz CT molecular complexity index is 910. The molecule has 0 radical (unpaired) electrons. The van der Waals surface area contributed by atoms with Crippen molar-refractivity contribution in [2.45, 2.75) is 40.2 Å². The standard InChI is InChI=1S/C20H26N2O4S/c1-5-12-27(24,25)22-19-11-7-10-18(15(19)3)21-20(23)16(4)26-17-9-6-8-14(2)13-17/h6-11,13,16,22H,5,12H2,1-4H3,(H,21,23). The van der Waals surface area contributed by atoms with Gasteiger partial charge in [-0.05, 0) is 62.6 Å². The number of ether oxygens (including phenoxy) is 1. The van der Waals surface area contributed by atoms with Crippen molar-refractivity contribution in [3.63, 3.8) is 0 Å². The van der Waals surface area contributed by atoms with Crippen molar-refractivity contribution < 1.29 is 17.9 Å². The summed E-state index contributed by atoms with van der Waals surface area (Å²) in [6.45, 7) is 7.18. The maximum absolute atomic E-state index is 12.5. The summed E-state index contributed by atoms with van der Waals surface area (Å²) in [4.78, 5) is 12.5. The highest BCUT2D eigenvalue weighted by Crippen LogP contribution is 2.25. The molecule has 2 rings (SSSR count). The summed E-state index contributed by atoms with van der Waals surface area (Å²) in [5, 5.41) is 2.80. The number of benzene rings is 2. The molecule has 0 aliphatic carbocycles. The average Bonchev–Trinajstić information content (AvgIpc) is 2.58. The van der Waals surface area contributed by atoms with Gasteiger partial charge in [0.25, 0.3) is 5.91 Å². The molecule has 2 N–H and O–H groups in total. The Morgan fingerprint density at radius 1 is 1.11 bits per heavy atom. The Balaban J connectivity index is 2.10. The lowest BCUT2D eigenvalue weighted by atomic mass is 10.1. The summed E-state index contributed by atoms with van der Waals surface area (Å²) in [7, 11) is -3.40. The van der Waals surface area contributed by atoms with Crippen LogP contribution in [0.2, 0.25) is 0 Å². The van der Waals surface area contributed by atoms with E-state index in [1.807, 2.05) is 25.1 Å². The summed E-state index contributed by atoms with van der Waals surface area (Å²) in [5.41, 5.74) is 2.68. The van der Waals surface area contributed by atoms with Gasteiger partial charge in [0, 0.05) is 5.69 Å². The molecular formula is C20H26N2O4S. The van der Waals surface area contributed by atoms with Crippen LogP contribution in [0.25, 0.3) is 0 Å². The lowest BCUT2D eigenvalue weighted by Crippen LogP contribution is -2.30. The van der Waals surface area contributed by atoms with Gasteiger partial charge in [-0.3, -0.25) is 9.52 Å². The Kier molecular flexibility index (Phi) is 6.85. The monoisotopic (exact) mass is 390 g/mol. The van der Waals surface area contributed by atoms with E-state index in [9.17, 15) is 13.2 Å². The van der Waals surface area contributed by atoms with E-state index >= 15 is 0 Å². The van der Waals surface area contributed by atoms with Crippen LogP contribution < -0.4 is 14.8 Å². The van der Waals surface area contributed by atoms with E-state index in [2.05, 4.69) is 10.0 Å². The van der Waals surface area contributed by atoms with E-state index in [0.717, 1.165) is 5.56 Å². The fourth-order valence-electron chi connectivity index (χ4n) is 2.55. The van der Waals surface area contributed by atoms with Gasteiger partial charge < -0.3 is 10.1 Å². The van der Waals surface area contributed by atoms with Gasteiger partial charge in [0.15, 0.2) is 6.10 Å². The highest BCUT2D eigenvalue weighted by Gasteiger charge is 2.18. The normalized spacial score (nSPS) is 12.3. The maximum Gasteiger partial charge on any atom is 0.265 e. The van der Waals surface area contributed by atoms with Gasteiger partial charge in [-0.25, -0.2) is 8.42 Å². The van der Waals surface area contributed by atoms with Gasteiger partial charge in [-0.2, -0.15) is 0 Å². The van der Waals surface area contributed by atoms with Crippen LogP contribution in [0.1, 0.15) is 31.4 Å². The van der Waals surface area contributed by atoms with E-state index in [0.29, 0.717) is 29.1 Å². The molecule has 0 fully saturated rings. The minimum atomic E-state index is -3.40. The van der Waals surface area contributed by atoms with Crippen LogP contribution in [0, 0.1) is 13.8 Å². The zero-order valence-electron chi connectivity index (χ0n) is 16.1. The quantitative estimate of drug-likeness (QED) is 0.717. The molecule has 146 valence electrons. The fraction of sp³-hybridized carbons (Fsp3) is 0.350. The smallest absolute Gasteiger partial charge is 0.265 e. The molecule has 0 saturated heterocycles. The molecule has 6 nitrogen and oxygen atoms in total. The molecule has 0 aromatic heterocycles. The zero-order chi connectivity index (χ0) is 20.0. The molecule has 1 amide bonds. The Hall–Kier alpha value is -2.54. The van der Waals surface area contributed by atoms with E-state index in [4.69, 9.17) is 4.74 Å². The molecule has 2 aromatic rings. The molecule has 0 saturated carbocycles. The van der Waals surface area contributed by atoms with Gasteiger partial charge in [0.05, 0.1) is 11.4 Å². The fourth-order valence-corrected chi connectivity index (χ4v) is 3.75. The number of rotatable bonds is 8. The first-order valence-corrected chi connectivity index (χ1v) is 10.5. The summed E-state index contributed by atoms with van der Waals surface area (Å²) in [5.74, 6) is 0.355. The van der Waals surface area contributed by atoms with Gasteiger partial charge in [0.1, 0.15) is 5.75 Å². The molecular weight excluding hydrogens is 364 g/mol. The minimum absolute atomic E-state index is 0.0460. The first-order chi connectivity index (χ1) is 12.7. The van der Waals surface area contributed by atoms with Crippen LogP contribution in [-0.4, -0.2) is 26.2 Å². The molecule has 0 bridgehead atoms. The Labute approximate surface area is 161 Å². The SMILES string of the molecule is CCCS(=O)(=O)Nc1cccc(NC(=O)C(C)Oc2cccc(C)c2)c1C. The number of anilines is 2. The number of amides is 1. The van der Waals surface area contributed by atoms with Crippen LogP contribution in [0.4, 0.5) is 11.4 Å². The third-order valence-electron chi connectivity index (χ3n) is 4.00. The van der Waals surface area contributed by atoms with Gasteiger partial charge in [-0.1, -0.05) is 25.1 Å². The number of aryl methyl sites for hydroxylation is 1. The van der Waals surface area contributed by atoms with Crippen molar-refractivity contribution in [3.8, 4) is 5.75 Å². The molecule has 0 aliphatic rings. The van der Waals surface area contributed by atoms with Crippen LogP contribution in [-0.2, 0) is 14.8 Å². The van der Waals surface area contributed by atoms with Crippen molar-refractivity contribution in [3.05, 3.63) is 53.6 Å². The van der Waals surface area contributed by atoms with Gasteiger partial charge in [0.2, 0.25) is 10.0 Å². The van der Waals surface area contributed by atoms with E-state index < -0.39 is 16.1 Å². The number of hydrogen-bond donors (Lipinski definition) is 2. The van der Waals surface area contributed by atoms with Crippen molar-refractivity contribution in [2.75, 3.05) is 15.8 Å². The van der Waals surface area contributed by atoms with Crippen LogP contribution in [0.15, 0.2) is 42.5 Å². The second-order valence-corrected chi connectivity index (χ2v) is 8.31. The van der Waals surface area contributed by atoms with Gasteiger partial charge in [-0.15, -0.1) is 0 Å². The van der Waals surface area contributed by atoms with Crippen molar-refractivity contribution in [2.24, 2.45) is 0 Å². The predicted octanol–water partition coefficient (Wildman–Crippen LogP) is 3.86. The third-order valence-corrected chi connectivity index (χ3v) is 5.48. The van der Waals surface area contributed by atoms with Crippen molar-refractivity contribution in [1.29, 1.82) is 0 Å². The lowest BCUT2D eigenvalue weighted by Gasteiger charge is -2.17. The average molecular weight is 391 g/mol. The second-order valence-electron chi connectivity index (χ2n) is 6.46. The molecule has 0 heterocycles. The summed E-state index contributed by atoms with van der Waals surface area (Å²) in [6.07, 6.45) is -0.176. The largest absolute Gasteiger partial charge is 0.481 e. The molecule has 2 aromatic carbocycles. The third kappa shape index (κ3) is 5.99. The van der Waals surface area contributed by atoms with Gasteiger partial charge >= 0.3 is 0 Å². The summed E-state index contributed by atoms with van der Waals surface area (Å²) in [6, 6.07) is 12.6. The molecule has 0 spiro atoms. The number of nitrogens with one attached hydrogen (secondary N) is 2. The first-order valence-electron chi connectivity index (χ1n) is 8.86. The molecule has 0 aliphatic heterocycles. The molecule has 27 heavy (non-hydrogen) atoms. The van der Waals surface area contributed by atoms with Crippen molar-refractivity contribution in [1.82, 2.24) is 0 Å². The van der Waals surface area contributed by atoms with Crippen LogP contribution in [0.5, 0.6) is 5.75 Å². The van der Waals surface area contributed by atoms with Crippen LogP contribution in [0.3, 0.4) is 0 Å². The summed E-state index contributed by atoms with van der Waals surface area (Å²) >= 11 is 0. The number of hydrogen-bond acceptors (Lipinski definition) is 4. The first kappa shape index (κ1) is 20.8. The van der Waals surface area contributed by atoms with E-state index in [1.165, 1.54) is 0 Å². The highest BCUT2D eigenvalue weighted by molar-refractivity contribution is 7.92. The Morgan fingerprint density at radius 2 is 1.78 bits per heavy atom. The number of sulfonamides is 1. The summed E-state index contributed by atoms with van der Waals surface area (Å²) < 4.78 is 32.3. The zero-order valence-corrected chi connectivity index (χ0v) is 16.9. The topological polar surface area (TPSA) is 84.5 Å². The maximum atomic E-state index is 12.5.